The summed E-state index contributed by atoms with van der Waals surface area (Å²) >= 11 is 0. The standard InChI is InChI=1S/C16H17N5O2/c1-10(9-22)19-15-14-11(5-7-18-16(14)23)8-13(21-15)20-12-4-2-3-6-17-12/h2-8,10,22H,9H2,1H3,(H,18,23)(H2,17,19,20,21)/t10-/m0/s1. The van der Waals surface area contributed by atoms with Crippen LogP contribution in [0.4, 0.5) is 17.5 Å². The zero-order valence-corrected chi connectivity index (χ0v) is 12.6. The van der Waals surface area contributed by atoms with E-state index in [-0.39, 0.29) is 18.2 Å². The molecule has 0 saturated carbocycles. The zero-order valence-electron chi connectivity index (χ0n) is 12.6. The van der Waals surface area contributed by atoms with Crippen LogP contribution in [-0.4, -0.2) is 32.7 Å². The number of aliphatic hydroxyl groups is 1. The third kappa shape index (κ3) is 3.29. The highest BCUT2D eigenvalue weighted by atomic mass is 16.3. The van der Waals surface area contributed by atoms with Crippen LogP contribution >= 0.6 is 0 Å². The molecule has 0 aromatic carbocycles. The van der Waals surface area contributed by atoms with Gasteiger partial charge in [0, 0.05) is 18.4 Å². The lowest BCUT2D eigenvalue weighted by Crippen LogP contribution is -2.22. The highest BCUT2D eigenvalue weighted by Gasteiger charge is 2.12. The van der Waals surface area contributed by atoms with Gasteiger partial charge >= 0.3 is 0 Å². The maximum atomic E-state index is 12.1. The van der Waals surface area contributed by atoms with E-state index in [0.717, 1.165) is 5.39 Å². The Morgan fingerprint density at radius 2 is 2.17 bits per heavy atom. The number of aliphatic hydroxyl groups excluding tert-OH is 1. The van der Waals surface area contributed by atoms with Gasteiger partial charge in [-0.15, -0.1) is 0 Å². The fourth-order valence-electron chi connectivity index (χ4n) is 2.23. The van der Waals surface area contributed by atoms with Gasteiger partial charge in [0.05, 0.1) is 12.0 Å². The molecule has 118 valence electrons. The van der Waals surface area contributed by atoms with Gasteiger partial charge in [0.15, 0.2) is 0 Å². The summed E-state index contributed by atoms with van der Waals surface area (Å²) in [5, 5.41) is 16.6. The molecule has 23 heavy (non-hydrogen) atoms. The van der Waals surface area contributed by atoms with Gasteiger partial charge in [0.1, 0.15) is 17.5 Å². The number of aromatic nitrogens is 3. The summed E-state index contributed by atoms with van der Waals surface area (Å²) in [4.78, 5) is 23.4. The van der Waals surface area contributed by atoms with Gasteiger partial charge in [-0.25, -0.2) is 9.97 Å². The Balaban J connectivity index is 2.08. The van der Waals surface area contributed by atoms with Crippen LogP contribution in [0.15, 0.2) is 47.5 Å². The molecule has 7 nitrogen and oxygen atoms in total. The second kappa shape index (κ2) is 6.45. The lowest BCUT2D eigenvalue weighted by atomic mass is 10.2. The Bertz CT molecular complexity index is 863. The number of fused-ring (bicyclic) bond motifs is 1. The summed E-state index contributed by atoms with van der Waals surface area (Å²) in [6.45, 7) is 1.75. The predicted octanol–water partition coefficient (Wildman–Crippen LogP) is 1.85. The predicted molar refractivity (Wildman–Crippen MR) is 90.1 cm³/mol. The maximum absolute atomic E-state index is 12.1. The van der Waals surface area contributed by atoms with E-state index < -0.39 is 0 Å². The number of nitrogens with zero attached hydrogens (tertiary/aromatic N) is 2. The van der Waals surface area contributed by atoms with Crippen LogP contribution in [-0.2, 0) is 0 Å². The van der Waals surface area contributed by atoms with Crippen molar-refractivity contribution in [3.8, 4) is 0 Å². The van der Waals surface area contributed by atoms with Gasteiger partial charge in [-0.05, 0) is 36.6 Å². The molecule has 0 saturated heterocycles. The molecule has 0 unspecified atom stereocenters. The van der Waals surface area contributed by atoms with Crippen LogP contribution in [0.25, 0.3) is 10.8 Å². The molecule has 0 bridgehead atoms. The minimum atomic E-state index is -0.230. The summed E-state index contributed by atoms with van der Waals surface area (Å²) in [5.74, 6) is 1.64. The monoisotopic (exact) mass is 311 g/mol. The fraction of sp³-hybridized carbons (Fsp3) is 0.188. The van der Waals surface area contributed by atoms with E-state index in [0.29, 0.717) is 22.8 Å². The number of anilines is 3. The number of aromatic amines is 1. The van der Waals surface area contributed by atoms with Crippen LogP contribution in [0.3, 0.4) is 0 Å². The van der Waals surface area contributed by atoms with E-state index in [1.54, 1.807) is 24.5 Å². The Labute approximate surface area is 132 Å². The van der Waals surface area contributed by atoms with Crippen LogP contribution in [0.2, 0.25) is 0 Å². The van der Waals surface area contributed by atoms with E-state index in [1.807, 2.05) is 25.1 Å². The van der Waals surface area contributed by atoms with E-state index >= 15 is 0 Å². The van der Waals surface area contributed by atoms with Crippen molar-refractivity contribution in [1.29, 1.82) is 0 Å². The molecule has 4 N–H and O–H groups in total. The highest BCUT2D eigenvalue weighted by Crippen LogP contribution is 2.23. The second-order valence-corrected chi connectivity index (χ2v) is 5.20. The molecule has 0 amide bonds. The smallest absolute Gasteiger partial charge is 0.259 e. The molecule has 0 aliphatic carbocycles. The van der Waals surface area contributed by atoms with Crippen LogP contribution in [0, 0.1) is 0 Å². The molecule has 0 spiro atoms. The Morgan fingerprint density at radius 1 is 1.30 bits per heavy atom. The molecule has 0 fully saturated rings. The van der Waals surface area contributed by atoms with Crippen LogP contribution in [0.5, 0.6) is 0 Å². The van der Waals surface area contributed by atoms with Gasteiger partial charge in [-0.2, -0.15) is 0 Å². The maximum Gasteiger partial charge on any atom is 0.259 e. The van der Waals surface area contributed by atoms with Gasteiger partial charge in [-0.1, -0.05) is 6.07 Å². The third-order valence-electron chi connectivity index (χ3n) is 3.33. The minimum Gasteiger partial charge on any atom is -0.394 e. The van der Waals surface area contributed by atoms with Crippen molar-refractivity contribution in [1.82, 2.24) is 15.0 Å². The summed E-state index contributed by atoms with van der Waals surface area (Å²) in [7, 11) is 0. The van der Waals surface area contributed by atoms with Gasteiger partial charge in [-0.3, -0.25) is 4.79 Å². The molecule has 0 aliphatic heterocycles. The first-order chi connectivity index (χ1) is 11.2. The van der Waals surface area contributed by atoms with Gasteiger partial charge < -0.3 is 20.7 Å². The van der Waals surface area contributed by atoms with Crippen molar-refractivity contribution >= 4 is 28.2 Å². The van der Waals surface area contributed by atoms with Crippen LogP contribution in [0.1, 0.15) is 6.92 Å². The first-order valence-electron chi connectivity index (χ1n) is 7.25. The molecule has 7 heteroatoms. The fourth-order valence-corrected chi connectivity index (χ4v) is 2.23. The van der Waals surface area contributed by atoms with Crippen molar-refractivity contribution in [2.75, 3.05) is 17.2 Å². The SMILES string of the molecule is C[C@@H](CO)Nc1nc(Nc2ccccn2)cc2cc[nH]c(=O)c12. The quantitative estimate of drug-likeness (QED) is 0.573. The molecule has 1 atom stereocenters. The van der Waals surface area contributed by atoms with Crippen LogP contribution < -0.4 is 16.2 Å². The molecule has 0 radical (unpaired) electrons. The minimum absolute atomic E-state index is 0.0637. The average Bonchev–Trinajstić information content (AvgIpc) is 2.55. The van der Waals surface area contributed by atoms with Gasteiger partial charge in [0.2, 0.25) is 0 Å². The number of nitrogens with one attached hydrogen (secondary N) is 3. The van der Waals surface area contributed by atoms with Crippen molar-refractivity contribution in [2.24, 2.45) is 0 Å². The molecule has 3 aromatic rings. The Kier molecular flexibility index (Phi) is 4.20. The topological polar surface area (TPSA) is 103 Å². The number of pyridine rings is 3. The van der Waals surface area contributed by atoms with E-state index in [4.69, 9.17) is 0 Å². The Morgan fingerprint density at radius 3 is 2.91 bits per heavy atom. The first kappa shape index (κ1) is 15.0. The molecule has 3 aromatic heterocycles. The van der Waals surface area contributed by atoms with Crippen molar-refractivity contribution < 1.29 is 5.11 Å². The summed E-state index contributed by atoms with van der Waals surface area (Å²) in [6, 6.07) is 8.89. The largest absolute Gasteiger partial charge is 0.394 e. The lowest BCUT2D eigenvalue weighted by Gasteiger charge is -2.15. The number of hydrogen-bond donors (Lipinski definition) is 4. The lowest BCUT2D eigenvalue weighted by molar-refractivity contribution is 0.281. The second-order valence-electron chi connectivity index (χ2n) is 5.20. The first-order valence-corrected chi connectivity index (χ1v) is 7.25. The summed E-state index contributed by atoms with van der Waals surface area (Å²) in [6.07, 6.45) is 3.27. The summed E-state index contributed by atoms with van der Waals surface area (Å²) < 4.78 is 0. The van der Waals surface area contributed by atoms with Crippen molar-refractivity contribution in [2.45, 2.75) is 13.0 Å². The number of rotatable bonds is 5. The van der Waals surface area contributed by atoms with Crippen molar-refractivity contribution in [3.05, 3.63) is 53.1 Å². The molecule has 3 heterocycles. The number of hydrogen-bond acceptors (Lipinski definition) is 6. The number of H-pyrrole nitrogens is 1. The molecule has 3 rings (SSSR count). The van der Waals surface area contributed by atoms with E-state index in [2.05, 4.69) is 25.6 Å². The molecule has 0 aliphatic rings. The molecular formula is C16H17N5O2. The van der Waals surface area contributed by atoms with E-state index in [1.165, 1.54) is 0 Å². The zero-order chi connectivity index (χ0) is 16.2. The highest BCUT2D eigenvalue weighted by molar-refractivity contribution is 5.93. The third-order valence-corrected chi connectivity index (χ3v) is 3.33. The van der Waals surface area contributed by atoms with Crippen molar-refractivity contribution in [3.63, 3.8) is 0 Å². The van der Waals surface area contributed by atoms with Gasteiger partial charge in [0.25, 0.3) is 5.56 Å². The average molecular weight is 311 g/mol. The molecular weight excluding hydrogens is 294 g/mol. The normalized spacial score (nSPS) is 12.1. The Hall–Kier alpha value is -2.93. The van der Waals surface area contributed by atoms with E-state index in [9.17, 15) is 9.90 Å². The summed E-state index contributed by atoms with van der Waals surface area (Å²) in [5.41, 5.74) is -0.230.